The van der Waals surface area contributed by atoms with Crippen LogP contribution in [0.25, 0.3) is 10.9 Å². The van der Waals surface area contributed by atoms with Crippen LogP contribution in [0, 0.1) is 0 Å². The Labute approximate surface area is 253 Å². The Balaban J connectivity index is 1.16. The summed E-state index contributed by atoms with van der Waals surface area (Å²) in [6.45, 7) is 2.37. The molecular formula is C32H29Cl3N4O2. The van der Waals surface area contributed by atoms with E-state index in [4.69, 9.17) is 34.8 Å². The number of carbonyl (C=O) groups is 2. The molecule has 2 saturated heterocycles. The molecule has 9 heteroatoms. The van der Waals surface area contributed by atoms with Gasteiger partial charge in [0, 0.05) is 69.3 Å². The van der Waals surface area contributed by atoms with Crippen LogP contribution in [0.5, 0.6) is 0 Å². The van der Waals surface area contributed by atoms with E-state index in [1.807, 2.05) is 70.5 Å². The molecule has 4 heterocycles. The molecule has 1 N–H and O–H groups in total. The Bertz CT molecular complexity index is 1620. The minimum Gasteiger partial charge on any atom is -0.356 e. The van der Waals surface area contributed by atoms with Gasteiger partial charge in [-0.1, -0.05) is 71.2 Å². The molecule has 41 heavy (non-hydrogen) atoms. The number of H-pyrrole nitrogens is 1. The number of hydrogen-bond acceptors (Lipinski definition) is 3. The molecule has 0 radical (unpaired) electrons. The maximum atomic E-state index is 14.2. The fourth-order valence-corrected chi connectivity index (χ4v) is 7.53. The van der Waals surface area contributed by atoms with Crippen molar-refractivity contribution >= 4 is 57.5 Å². The highest BCUT2D eigenvalue weighted by Crippen LogP contribution is 2.43. The number of nitrogens with one attached hydrogen (secondary N) is 1. The van der Waals surface area contributed by atoms with Crippen LogP contribution in [0.4, 0.5) is 0 Å². The standard InChI is InChI=1S/C32H29Cl3N4O2/c33-20-10-8-19(9-11-20)31-30-23(22-4-1-2-7-27(22)36-30)16-28-32(41)38(18-29(40)39(28)31)21-12-14-37(15-13-21)17-24-25(34)5-3-6-26(24)35/h1-11,21,28,31,36H,12-18H2/t28-,31-/m0/s1. The Morgan fingerprint density at radius 1 is 0.854 bits per heavy atom. The number of piperidine rings is 1. The number of carbonyl (C=O) groups excluding carboxylic acids is 2. The Morgan fingerprint density at radius 3 is 2.29 bits per heavy atom. The molecule has 210 valence electrons. The van der Waals surface area contributed by atoms with Gasteiger partial charge in [0.15, 0.2) is 0 Å². The van der Waals surface area contributed by atoms with Gasteiger partial charge in [-0.25, -0.2) is 0 Å². The number of fused-ring (bicyclic) bond motifs is 4. The molecule has 0 spiro atoms. The first kappa shape index (κ1) is 26.8. The van der Waals surface area contributed by atoms with Crippen molar-refractivity contribution in [3.63, 3.8) is 0 Å². The number of hydrogen-bond donors (Lipinski definition) is 1. The van der Waals surface area contributed by atoms with Gasteiger partial charge < -0.3 is 14.8 Å². The summed E-state index contributed by atoms with van der Waals surface area (Å²) in [4.78, 5) is 37.7. The average Bonchev–Trinajstić information content (AvgIpc) is 3.35. The van der Waals surface area contributed by atoms with E-state index in [0.717, 1.165) is 59.2 Å². The molecule has 3 aromatic carbocycles. The SMILES string of the molecule is O=C1[C@@H]2Cc3c([nH]c4ccccc34)[C@H](c3ccc(Cl)cc3)N2C(=O)CN1C1CCN(Cc2c(Cl)cccc2Cl)CC1. The second-order valence-corrected chi connectivity index (χ2v) is 12.5. The second kappa shape index (κ2) is 10.7. The molecule has 1 aromatic heterocycles. The lowest BCUT2D eigenvalue weighted by molar-refractivity contribution is -0.161. The number of para-hydroxylation sites is 1. The zero-order valence-corrected chi connectivity index (χ0v) is 24.6. The lowest BCUT2D eigenvalue weighted by Gasteiger charge is -2.49. The molecule has 3 aliphatic rings. The lowest BCUT2D eigenvalue weighted by atomic mass is 9.85. The molecule has 3 aliphatic heterocycles. The van der Waals surface area contributed by atoms with Crippen molar-refractivity contribution in [3.05, 3.63) is 104 Å². The maximum Gasteiger partial charge on any atom is 0.246 e. The molecule has 7 rings (SSSR count). The molecule has 0 saturated carbocycles. The van der Waals surface area contributed by atoms with Crippen molar-refractivity contribution in [2.75, 3.05) is 19.6 Å². The van der Waals surface area contributed by atoms with Crippen molar-refractivity contribution in [1.82, 2.24) is 19.7 Å². The second-order valence-electron chi connectivity index (χ2n) is 11.2. The van der Waals surface area contributed by atoms with Crippen molar-refractivity contribution in [1.29, 1.82) is 0 Å². The van der Waals surface area contributed by atoms with Gasteiger partial charge >= 0.3 is 0 Å². The number of aromatic amines is 1. The van der Waals surface area contributed by atoms with E-state index >= 15 is 0 Å². The predicted octanol–water partition coefficient (Wildman–Crippen LogP) is 6.48. The highest BCUT2D eigenvalue weighted by molar-refractivity contribution is 6.36. The molecule has 2 amide bonds. The van der Waals surface area contributed by atoms with Crippen LogP contribution < -0.4 is 0 Å². The van der Waals surface area contributed by atoms with Crippen LogP contribution in [0.1, 0.15) is 41.3 Å². The fourth-order valence-electron chi connectivity index (χ4n) is 6.88. The Hall–Kier alpha value is -3.03. The molecule has 0 aliphatic carbocycles. The third-order valence-electron chi connectivity index (χ3n) is 8.92. The first-order valence-corrected chi connectivity index (χ1v) is 15.1. The number of benzene rings is 3. The highest BCUT2D eigenvalue weighted by Gasteiger charge is 2.49. The van der Waals surface area contributed by atoms with Crippen LogP contribution in [0.15, 0.2) is 66.7 Å². The smallest absolute Gasteiger partial charge is 0.246 e. The van der Waals surface area contributed by atoms with E-state index in [1.165, 1.54) is 0 Å². The van der Waals surface area contributed by atoms with Crippen LogP contribution in [0.2, 0.25) is 15.1 Å². The maximum absolute atomic E-state index is 14.2. The summed E-state index contributed by atoms with van der Waals surface area (Å²) in [6, 6.07) is 20.4. The predicted molar refractivity (Wildman–Crippen MR) is 162 cm³/mol. The average molecular weight is 608 g/mol. The largest absolute Gasteiger partial charge is 0.356 e. The van der Waals surface area contributed by atoms with Crippen LogP contribution in [0.3, 0.4) is 0 Å². The highest BCUT2D eigenvalue weighted by atomic mass is 35.5. The summed E-state index contributed by atoms with van der Waals surface area (Å²) in [5.74, 6) is 0.0104. The van der Waals surface area contributed by atoms with Crippen molar-refractivity contribution in [2.45, 2.75) is 43.9 Å². The van der Waals surface area contributed by atoms with E-state index in [9.17, 15) is 9.59 Å². The Kier molecular flexibility index (Phi) is 6.98. The van der Waals surface area contributed by atoms with Crippen LogP contribution in [-0.2, 0) is 22.6 Å². The van der Waals surface area contributed by atoms with Gasteiger partial charge in [0.05, 0.1) is 6.04 Å². The van der Waals surface area contributed by atoms with E-state index in [-0.39, 0.29) is 30.4 Å². The zero-order chi connectivity index (χ0) is 28.2. The molecule has 0 bridgehead atoms. The van der Waals surface area contributed by atoms with Gasteiger partial charge in [-0.3, -0.25) is 14.5 Å². The molecular weight excluding hydrogens is 579 g/mol. The van der Waals surface area contributed by atoms with E-state index in [0.29, 0.717) is 28.0 Å². The van der Waals surface area contributed by atoms with Crippen LogP contribution in [-0.4, -0.2) is 63.2 Å². The van der Waals surface area contributed by atoms with Gasteiger partial charge in [-0.2, -0.15) is 0 Å². The molecule has 4 aromatic rings. The third kappa shape index (κ3) is 4.71. The van der Waals surface area contributed by atoms with E-state index in [1.54, 1.807) is 0 Å². The van der Waals surface area contributed by atoms with Crippen molar-refractivity contribution in [2.24, 2.45) is 0 Å². The zero-order valence-electron chi connectivity index (χ0n) is 22.3. The summed E-state index contributed by atoms with van der Waals surface area (Å²) in [7, 11) is 0. The lowest BCUT2D eigenvalue weighted by Crippen LogP contribution is -2.65. The topological polar surface area (TPSA) is 59.7 Å². The molecule has 6 nitrogen and oxygen atoms in total. The number of likely N-dealkylation sites (tertiary alicyclic amines) is 1. The van der Waals surface area contributed by atoms with Crippen molar-refractivity contribution < 1.29 is 9.59 Å². The molecule has 0 unspecified atom stereocenters. The summed E-state index contributed by atoms with van der Waals surface area (Å²) in [5.41, 5.74) is 4.97. The van der Waals surface area contributed by atoms with Crippen LogP contribution >= 0.6 is 34.8 Å². The minimum absolute atomic E-state index is 0.0184. The van der Waals surface area contributed by atoms with E-state index in [2.05, 4.69) is 16.0 Å². The minimum atomic E-state index is -0.552. The number of piperazine rings is 1. The number of rotatable bonds is 4. The first-order chi connectivity index (χ1) is 19.9. The van der Waals surface area contributed by atoms with E-state index < -0.39 is 6.04 Å². The van der Waals surface area contributed by atoms with Crippen molar-refractivity contribution in [3.8, 4) is 0 Å². The summed E-state index contributed by atoms with van der Waals surface area (Å²) < 4.78 is 0. The van der Waals surface area contributed by atoms with Gasteiger partial charge in [0.25, 0.3) is 0 Å². The normalized spacial score (nSPS) is 21.8. The summed E-state index contributed by atoms with van der Waals surface area (Å²) in [6.07, 6.45) is 2.09. The van der Waals surface area contributed by atoms with Gasteiger partial charge in [-0.15, -0.1) is 0 Å². The Morgan fingerprint density at radius 2 is 1.56 bits per heavy atom. The summed E-state index contributed by atoms with van der Waals surface area (Å²) in [5, 5.41) is 3.07. The fraction of sp³-hybridized carbons (Fsp3) is 0.312. The number of halogens is 3. The molecule has 2 fully saturated rings. The van der Waals surface area contributed by atoms with Gasteiger partial charge in [-0.05, 0) is 54.3 Å². The number of amides is 2. The quantitative estimate of drug-likeness (QED) is 0.289. The third-order valence-corrected chi connectivity index (χ3v) is 9.88. The van der Waals surface area contributed by atoms with Gasteiger partial charge in [0.1, 0.15) is 12.6 Å². The van der Waals surface area contributed by atoms with Gasteiger partial charge in [0.2, 0.25) is 11.8 Å². The first-order valence-electron chi connectivity index (χ1n) is 14.0. The monoisotopic (exact) mass is 606 g/mol. The number of nitrogens with zero attached hydrogens (tertiary/aromatic N) is 3. The number of aromatic nitrogens is 1. The molecule has 2 atom stereocenters. The summed E-state index contributed by atoms with van der Waals surface area (Å²) >= 11 is 19.0.